The summed E-state index contributed by atoms with van der Waals surface area (Å²) < 4.78 is 0. The van der Waals surface area contributed by atoms with Crippen molar-refractivity contribution in [3.63, 3.8) is 0 Å². The van der Waals surface area contributed by atoms with E-state index in [1.165, 1.54) is 0 Å². The standard InChI is InChI=1S/C16H16ClN3O/c17-12-7-5-10(6-8-12)14-15(18-16(21)11-3-4-11)13(19-20-14)9-1-2-9/h5-9,11H,1-4H2,(H,18,21)(H,19,20). The van der Waals surface area contributed by atoms with Crippen LogP contribution in [0.5, 0.6) is 0 Å². The average molecular weight is 302 g/mol. The molecule has 2 fully saturated rings. The molecule has 2 aromatic rings. The van der Waals surface area contributed by atoms with Crippen molar-refractivity contribution in [2.24, 2.45) is 5.92 Å². The molecule has 4 rings (SSSR count). The second-order valence-electron chi connectivity index (χ2n) is 5.91. The summed E-state index contributed by atoms with van der Waals surface area (Å²) in [6, 6.07) is 7.55. The minimum Gasteiger partial charge on any atom is -0.322 e. The van der Waals surface area contributed by atoms with Crippen molar-refractivity contribution in [2.45, 2.75) is 31.6 Å². The molecule has 2 saturated carbocycles. The van der Waals surface area contributed by atoms with Crippen molar-refractivity contribution in [3.8, 4) is 11.3 Å². The first kappa shape index (κ1) is 12.9. The summed E-state index contributed by atoms with van der Waals surface area (Å²) in [5.41, 5.74) is 3.70. The number of hydrogen-bond acceptors (Lipinski definition) is 2. The van der Waals surface area contributed by atoms with E-state index < -0.39 is 0 Å². The number of amides is 1. The van der Waals surface area contributed by atoms with E-state index in [0.29, 0.717) is 10.9 Å². The molecule has 2 N–H and O–H groups in total. The van der Waals surface area contributed by atoms with Gasteiger partial charge in [0.25, 0.3) is 0 Å². The van der Waals surface area contributed by atoms with Crippen LogP contribution in [0.1, 0.15) is 37.3 Å². The monoisotopic (exact) mass is 301 g/mol. The molecular weight excluding hydrogens is 286 g/mol. The fraction of sp³-hybridized carbons (Fsp3) is 0.375. The first-order valence-corrected chi connectivity index (χ1v) is 7.75. The zero-order valence-electron chi connectivity index (χ0n) is 11.5. The summed E-state index contributed by atoms with van der Waals surface area (Å²) in [6.45, 7) is 0. The number of hydrogen-bond donors (Lipinski definition) is 2. The van der Waals surface area contributed by atoms with Gasteiger partial charge in [0.05, 0.1) is 11.4 Å². The zero-order valence-corrected chi connectivity index (χ0v) is 12.3. The van der Waals surface area contributed by atoms with Gasteiger partial charge in [-0.15, -0.1) is 0 Å². The summed E-state index contributed by atoms with van der Waals surface area (Å²) in [7, 11) is 0. The molecule has 2 aliphatic carbocycles. The molecule has 108 valence electrons. The van der Waals surface area contributed by atoms with Crippen LogP contribution in [0.4, 0.5) is 5.69 Å². The van der Waals surface area contributed by atoms with E-state index in [1.54, 1.807) is 0 Å². The summed E-state index contributed by atoms with van der Waals surface area (Å²) in [5.74, 6) is 0.812. The number of carbonyl (C=O) groups excluding carboxylic acids is 1. The molecule has 1 amide bonds. The predicted molar refractivity (Wildman–Crippen MR) is 82.4 cm³/mol. The molecule has 0 bridgehead atoms. The highest BCUT2D eigenvalue weighted by Gasteiger charge is 2.34. The summed E-state index contributed by atoms with van der Waals surface area (Å²) in [4.78, 5) is 12.1. The normalized spacial score (nSPS) is 17.8. The first-order chi connectivity index (χ1) is 10.2. The molecule has 1 heterocycles. The summed E-state index contributed by atoms with van der Waals surface area (Å²) in [6.07, 6.45) is 4.32. The fourth-order valence-corrected chi connectivity index (χ4v) is 2.66. The van der Waals surface area contributed by atoms with Crippen LogP contribution in [0.2, 0.25) is 5.02 Å². The summed E-state index contributed by atoms with van der Waals surface area (Å²) in [5, 5.41) is 11.3. The van der Waals surface area contributed by atoms with Gasteiger partial charge in [0.15, 0.2) is 0 Å². The number of nitrogens with zero attached hydrogens (tertiary/aromatic N) is 1. The Bertz CT molecular complexity index is 684. The van der Waals surface area contributed by atoms with Gasteiger partial charge in [-0.05, 0) is 37.8 Å². The molecule has 21 heavy (non-hydrogen) atoms. The van der Waals surface area contributed by atoms with Gasteiger partial charge in [0.2, 0.25) is 5.91 Å². The van der Waals surface area contributed by atoms with Gasteiger partial charge in [-0.1, -0.05) is 23.7 Å². The Labute approximate surface area is 127 Å². The Morgan fingerprint density at radius 2 is 1.90 bits per heavy atom. The van der Waals surface area contributed by atoms with Crippen LogP contribution >= 0.6 is 11.6 Å². The molecule has 1 aromatic carbocycles. The van der Waals surface area contributed by atoms with Crippen molar-refractivity contribution < 1.29 is 4.79 Å². The maximum Gasteiger partial charge on any atom is 0.227 e. The van der Waals surface area contributed by atoms with Crippen LogP contribution in [0.25, 0.3) is 11.3 Å². The summed E-state index contributed by atoms with van der Waals surface area (Å²) >= 11 is 5.94. The van der Waals surface area contributed by atoms with Crippen LogP contribution in [0.15, 0.2) is 24.3 Å². The number of nitrogens with one attached hydrogen (secondary N) is 2. The van der Waals surface area contributed by atoms with E-state index in [2.05, 4.69) is 15.5 Å². The number of H-pyrrole nitrogens is 1. The van der Waals surface area contributed by atoms with Crippen molar-refractivity contribution >= 4 is 23.2 Å². The van der Waals surface area contributed by atoms with E-state index in [1.807, 2.05) is 24.3 Å². The van der Waals surface area contributed by atoms with E-state index in [4.69, 9.17) is 11.6 Å². The smallest absolute Gasteiger partial charge is 0.227 e. The number of halogens is 1. The maximum atomic E-state index is 12.1. The van der Waals surface area contributed by atoms with Crippen molar-refractivity contribution in [1.29, 1.82) is 0 Å². The van der Waals surface area contributed by atoms with Crippen molar-refractivity contribution in [1.82, 2.24) is 10.2 Å². The minimum absolute atomic E-state index is 0.119. The molecule has 1 aromatic heterocycles. The van der Waals surface area contributed by atoms with Crippen LogP contribution in [0, 0.1) is 5.92 Å². The Hall–Kier alpha value is -1.81. The largest absolute Gasteiger partial charge is 0.322 e. The van der Waals surface area contributed by atoms with Gasteiger partial charge >= 0.3 is 0 Å². The molecule has 0 spiro atoms. The van der Waals surface area contributed by atoms with Crippen molar-refractivity contribution in [3.05, 3.63) is 35.0 Å². The van der Waals surface area contributed by atoms with E-state index in [-0.39, 0.29) is 11.8 Å². The van der Waals surface area contributed by atoms with E-state index >= 15 is 0 Å². The Balaban J connectivity index is 1.71. The second-order valence-corrected chi connectivity index (χ2v) is 6.34. The SMILES string of the molecule is O=C(Nc1c(-c2ccc(Cl)cc2)n[nH]c1C1CC1)C1CC1. The van der Waals surface area contributed by atoms with Crippen LogP contribution < -0.4 is 5.32 Å². The van der Waals surface area contributed by atoms with Gasteiger partial charge in [0.1, 0.15) is 5.69 Å². The molecule has 5 heteroatoms. The van der Waals surface area contributed by atoms with Crippen molar-refractivity contribution in [2.75, 3.05) is 5.32 Å². The third kappa shape index (κ3) is 2.56. The van der Waals surface area contributed by atoms with Crippen LogP contribution in [0.3, 0.4) is 0 Å². The second kappa shape index (κ2) is 4.88. The highest BCUT2D eigenvalue weighted by atomic mass is 35.5. The van der Waals surface area contributed by atoms with Crippen LogP contribution in [-0.2, 0) is 4.79 Å². The molecular formula is C16H16ClN3O. The average Bonchev–Trinajstić information content (AvgIpc) is 3.38. The van der Waals surface area contributed by atoms with Gasteiger partial charge in [-0.3, -0.25) is 9.89 Å². The lowest BCUT2D eigenvalue weighted by Gasteiger charge is -2.07. The highest BCUT2D eigenvalue weighted by Crippen LogP contribution is 2.45. The number of aromatic amines is 1. The molecule has 0 aliphatic heterocycles. The Morgan fingerprint density at radius 3 is 2.52 bits per heavy atom. The Morgan fingerprint density at radius 1 is 1.19 bits per heavy atom. The zero-order chi connectivity index (χ0) is 14.4. The van der Waals surface area contributed by atoms with Gasteiger partial charge in [-0.25, -0.2) is 0 Å². The lowest BCUT2D eigenvalue weighted by Crippen LogP contribution is -2.14. The molecule has 4 nitrogen and oxygen atoms in total. The molecule has 0 radical (unpaired) electrons. The lowest BCUT2D eigenvalue weighted by molar-refractivity contribution is -0.117. The van der Waals surface area contributed by atoms with Gasteiger partial charge in [0, 0.05) is 22.4 Å². The highest BCUT2D eigenvalue weighted by molar-refractivity contribution is 6.30. The molecule has 2 aliphatic rings. The number of benzene rings is 1. The number of carbonyl (C=O) groups is 1. The molecule has 0 saturated heterocycles. The fourth-order valence-electron chi connectivity index (χ4n) is 2.54. The molecule has 0 atom stereocenters. The number of aromatic nitrogens is 2. The third-order valence-electron chi connectivity index (χ3n) is 4.09. The first-order valence-electron chi connectivity index (χ1n) is 7.37. The third-order valence-corrected chi connectivity index (χ3v) is 4.35. The lowest BCUT2D eigenvalue weighted by atomic mass is 10.1. The number of anilines is 1. The predicted octanol–water partition coefficient (Wildman–Crippen LogP) is 3.96. The Kier molecular flexibility index (Phi) is 3.00. The van der Waals surface area contributed by atoms with Gasteiger partial charge < -0.3 is 5.32 Å². The minimum atomic E-state index is 0.119. The van der Waals surface area contributed by atoms with E-state index in [0.717, 1.165) is 48.3 Å². The van der Waals surface area contributed by atoms with Crippen LogP contribution in [-0.4, -0.2) is 16.1 Å². The van der Waals surface area contributed by atoms with E-state index in [9.17, 15) is 4.79 Å². The number of rotatable bonds is 4. The quantitative estimate of drug-likeness (QED) is 0.898. The topological polar surface area (TPSA) is 57.8 Å². The van der Waals surface area contributed by atoms with Gasteiger partial charge in [-0.2, -0.15) is 5.10 Å². The maximum absolute atomic E-state index is 12.1. The molecule has 0 unspecified atom stereocenters.